The third kappa shape index (κ3) is 1.55. The van der Waals surface area contributed by atoms with Gasteiger partial charge >= 0.3 is 0 Å². The Balaban J connectivity index is 1.64. The lowest BCUT2D eigenvalue weighted by molar-refractivity contribution is 0.0903. The Morgan fingerprint density at radius 2 is 2.47 bits per heavy atom. The first-order valence-electron chi connectivity index (χ1n) is 5.43. The lowest BCUT2D eigenvalue weighted by atomic mass is 9.95. The summed E-state index contributed by atoms with van der Waals surface area (Å²) in [4.78, 5) is 11.7. The third-order valence-electron chi connectivity index (χ3n) is 3.36. The van der Waals surface area contributed by atoms with Gasteiger partial charge in [-0.05, 0) is 31.4 Å². The molecular formula is C11H14N2O2. The lowest BCUT2D eigenvalue weighted by Gasteiger charge is -2.20. The molecule has 0 unspecified atom stereocenters. The van der Waals surface area contributed by atoms with E-state index in [9.17, 15) is 4.79 Å². The van der Waals surface area contributed by atoms with Gasteiger partial charge in [-0.2, -0.15) is 0 Å². The number of rotatable bonds is 2. The van der Waals surface area contributed by atoms with Crippen molar-refractivity contribution in [2.45, 2.75) is 37.4 Å². The highest BCUT2D eigenvalue weighted by atomic mass is 16.3. The maximum atomic E-state index is 11.7. The number of hydrogen-bond donors (Lipinski definition) is 2. The Morgan fingerprint density at radius 1 is 1.53 bits per heavy atom. The number of amides is 1. The lowest BCUT2D eigenvalue weighted by Crippen LogP contribution is -2.42. The van der Waals surface area contributed by atoms with E-state index >= 15 is 0 Å². The molecule has 3 rings (SSSR count). The molecule has 1 aromatic heterocycles. The first-order valence-corrected chi connectivity index (χ1v) is 5.43. The molecule has 3 atom stereocenters. The van der Waals surface area contributed by atoms with E-state index in [2.05, 4.69) is 10.6 Å². The van der Waals surface area contributed by atoms with Crippen molar-refractivity contribution in [3.8, 4) is 0 Å². The predicted octanol–water partition coefficient (Wildman–Crippen LogP) is 0.902. The fourth-order valence-corrected chi connectivity index (χ4v) is 2.63. The molecule has 2 bridgehead atoms. The van der Waals surface area contributed by atoms with Crippen molar-refractivity contribution in [2.24, 2.45) is 0 Å². The first kappa shape index (κ1) is 8.97. The van der Waals surface area contributed by atoms with Crippen LogP contribution in [0, 0.1) is 0 Å². The van der Waals surface area contributed by atoms with E-state index in [1.807, 2.05) is 0 Å². The summed E-state index contributed by atoms with van der Waals surface area (Å²) in [6.45, 7) is 0. The summed E-state index contributed by atoms with van der Waals surface area (Å²) < 4.78 is 5.05. The van der Waals surface area contributed by atoms with Crippen LogP contribution in [0.25, 0.3) is 0 Å². The topological polar surface area (TPSA) is 54.3 Å². The summed E-state index contributed by atoms with van der Waals surface area (Å²) in [5, 5.41) is 6.50. The van der Waals surface area contributed by atoms with Crippen LogP contribution in [0.15, 0.2) is 22.8 Å². The van der Waals surface area contributed by atoms with E-state index in [0.29, 0.717) is 17.8 Å². The van der Waals surface area contributed by atoms with Gasteiger partial charge in [0.2, 0.25) is 0 Å². The maximum Gasteiger partial charge on any atom is 0.287 e. The SMILES string of the molecule is O=C(N[C@@H]1C[C@H]2CC[C@H]1N2)c1ccco1. The van der Waals surface area contributed by atoms with E-state index in [1.54, 1.807) is 12.1 Å². The van der Waals surface area contributed by atoms with Crippen LogP contribution in [-0.4, -0.2) is 24.0 Å². The van der Waals surface area contributed by atoms with Gasteiger partial charge in [-0.15, -0.1) is 0 Å². The van der Waals surface area contributed by atoms with Crippen LogP contribution in [0.4, 0.5) is 0 Å². The van der Waals surface area contributed by atoms with E-state index in [-0.39, 0.29) is 11.9 Å². The zero-order chi connectivity index (χ0) is 10.3. The number of carbonyl (C=O) groups is 1. The summed E-state index contributed by atoms with van der Waals surface area (Å²) in [6, 6.07) is 4.77. The number of nitrogens with one attached hydrogen (secondary N) is 2. The minimum atomic E-state index is -0.0978. The Kier molecular flexibility index (Phi) is 2.02. The normalized spacial score (nSPS) is 33.2. The minimum Gasteiger partial charge on any atom is -0.459 e. The third-order valence-corrected chi connectivity index (χ3v) is 3.36. The van der Waals surface area contributed by atoms with Gasteiger partial charge in [0.15, 0.2) is 5.76 Å². The van der Waals surface area contributed by atoms with Crippen molar-refractivity contribution in [1.82, 2.24) is 10.6 Å². The molecule has 2 aliphatic rings. The summed E-state index contributed by atoms with van der Waals surface area (Å²) in [5.41, 5.74) is 0. The van der Waals surface area contributed by atoms with Crippen LogP contribution in [-0.2, 0) is 0 Å². The summed E-state index contributed by atoms with van der Waals surface area (Å²) in [5.74, 6) is 0.303. The second kappa shape index (κ2) is 3.38. The van der Waals surface area contributed by atoms with Crippen molar-refractivity contribution in [3.05, 3.63) is 24.2 Å². The molecule has 4 heteroatoms. The van der Waals surface area contributed by atoms with Gasteiger partial charge in [0, 0.05) is 18.1 Å². The van der Waals surface area contributed by atoms with Crippen molar-refractivity contribution in [1.29, 1.82) is 0 Å². The van der Waals surface area contributed by atoms with Gasteiger partial charge in [-0.3, -0.25) is 4.79 Å². The van der Waals surface area contributed by atoms with Crippen LogP contribution in [0.3, 0.4) is 0 Å². The van der Waals surface area contributed by atoms with Crippen molar-refractivity contribution in [2.75, 3.05) is 0 Å². The van der Waals surface area contributed by atoms with Crippen molar-refractivity contribution < 1.29 is 9.21 Å². The highest BCUT2D eigenvalue weighted by molar-refractivity contribution is 5.91. The molecule has 3 heterocycles. The smallest absolute Gasteiger partial charge is 0.287 e. The molecule has 2 N–H and O–H groups in total. The Bertz CT molecular complexity index is 361. The molecule has 4 nitrogen and oxygen atoms in total. The van der Waals surface area contributed by atoms with Crippen molar-refractivity contribution >= 4 is 5.91 Å². The van der Waals surface area contributed by atoms with Gasteiger partial charge < -0.3 is 15.1 Å². The Labute approximate surface area is 88.0 Å². The fourth-order valence-electron chi connectivity index (χ4n) is 2.63. The average molecular weight is 206 g/mol. The largest absolute Gasteiger partial charge is 0.459 e. The molecule has 2 aliphatic heterocycles. The molecule has 0 aliphatic carbocycles. The highest BCUT2D eigenvalue weighted by Crippen LogP contribution is 2.28. The average Bonchev–Trinajstić information content (AvgIpc) is 2.95. The number of fused-ring (bicyclic) bond motifs is 2. The fraction of sp³-hybridized carbons (Fsp3) is 0.545. The van der Waals surface area contributed by atoms with E-state index in [0.717, 1.165) is 6.42 Å². The van der Waals surface area contributed by atoms with E-state index < -0.39 is 0 Å². The van der Waals surface area contributed by atoms with Gasteiger partial charge in [0.1, 0.15) is 0 Å². The molecule has 1 aromatic rings. The predicted molar refractivity (Wildman–Crippen MR) is 54.5 cm³/mol. The molecule has 2 saturated heterocycles. The molecular weight excluding hydrogens is 192 g/mol. The van der Waals surface area contributed by atoms with Crippen LogP contribution >= 0.6 is 0 Å². The van der Waals surface area contributed by atoms with Crippen molar-refractivity contribution in [3.63, 3.8) is 0 Å². The number of hydrogen-bond acceptors (Lipinski definition) is 3. The quantitative estimate of drug-likeness (QED) is 0.756. The number of carbonyl (C=O) groups excluding carboxylic acids is 1. The Hall–Kier alpha value is -1.29. The van der Waals surface area contributed by atoms with E-state index in [1.165, 1.54) is 19.1 Å². The zero-order valence-electron chi connectivity index (χ0n) is 8.40. The van der Waals surface area contributed by atoms with Crippen LogP contribution in [0.1, 0.15) is 29.8 Å². The second-order valence-electron chi connectivity index (χ2n) is 4.34. The molecule has 0 spiro atoms. The molecule has 80 valence electrons. The standard InChI is InChI=1S/C11H14N2O2/c14-11(10-2-1-5-15-10)13-9-6-7-3-4-8(9)12-7/h1-2,5,7-9,12H,3-4,6H2,(H,13,14)/t7-,8-,9-/m1/s1. The van der Waals surface area contributed by atoms with Gasteiger partial charge in [-0.1, -0.05) is 0 Å². The summed E-state index contributed by atoms with van der Waals surface area (Å²) >= 11 is 0. The summed E-state index contributed by atoms with van der Waals surface area (Å²) in [6.07, 6.45) is 5.00. The Morgan fingerprint density at radius 3 is 3.07 bits per heavy atom. The molecule has 2 fully saturated rings. The van der Waals surface area contributed by atoms with E-state index in [4.69, 9.17) is 4.42 Å². The second-order valence-corrected chi connectivity index (χ2v) is 4.34. The highest BCUT2D eigenvalue weighted by Gasteiger charge is 2.39. The monoisotopic (exact) mass is 206 g/mol. The van der Waals surface area contributed by atoms with Crippen LogP contribution in [0.2, 0.25) is 0 Å². The van der Waals surface area contributed by atoms with Crippen LogP contribution in [0.5, 0.6) is 0 Å². The molecule has 1 amide bonds. The molecule has 0 radical (unpaired) electrons. The summed E-state index contributed by atoms with van der Waals surface area (Å²) in [7, 11) is 0. The van der Waals surface area contributed by atoms with Gasteiger partial charge in [-0.25, -0.2) is 0 Å². The maximum absolute atomic E-state index is 11.7. The van der Waals surface area contributed by atoms with Crippen LogP contribution < -0.4 is 10.6 Å². The van der Waals surface area contributed by atoms with Gasteiger partial charge in [0.05, 0.1) is 6.26 Å². The molecule has 0 saturated carbocycles. The zero-order valence-corrected chi connectivity index (χ0v) is 8.40. The first-order chi connectivity index (χ1) is 7.33. The molecule has 0 aromatic carbocycles. The number of furan rings is 1. The van der Waals surface area contributed by atoms with Gasteiger partial charge in [0.25, 0.3) is 5.91 Å². The molecule has 15 heavy (non-hydrogen) atoms. The minimum absolute atomic E-state index is 0.0978.